The van der Waals surface area contributed by atoms with Crippen molar-refractivity contribution in [3.8, 4) is 11.1 Å². The minimum Gasteiger partial charge on any atom is -0.404 e. The number of benzene rings is 2. The normalized spacial score (nSPS) is 22.7. The molecular formula is C47H69BN10O12. The average molecular weight is 977 g/mol. The van der Waals surface area contributed by atoms with E-state index in [-0.39, 0.29) is 23.0 Å². The minimum absolute atomic E-state index is 0.0878. The summed E-state index contributed by atoms with van der Waals surface area (Å²) in [5, 5.41) is 34.3. The monoisotopic (exact) mass is 977 g/mol. The van der Waals surface area contributed by atoms with Crippen LogP contribution in [0.25, 0.3) is 11.1 Å². The van der Waals surface area contributed by atoms with Crippen molar-refractivity contribution < 1.29 is 57.9 Å². The van der Waals surface area contributed by atoms with Gasteiger partial charge in [-0.15, -0.1) is 0 Å². The van der Waals surface area contributed by atoms with E-state index in [9.17, 15) is 48.6 Å². The molecule has 4 fully saturated rings. The van der Waals surface area contributed by atoms with Gasteiger partial charge < -0.3 is 73.5 Å². The van der Waals surface area contributed by atoms with Gasteiger partial charge in [0.2, 0.25) is 29.5 Å². The second kappa shape index (κ2) is 23.3. The smallest absolute Gasteiger partial charge is 0.404 e. The van der Waals surface area contributed by atoms with Crippen LogP contribution in [0.2, 0.25) is 0 Å². The third-order valence-corrected chi connectivity index (χ3v) is 14.0. The number of aliphatic hydroxyl groups excluding tert-OH is 2. The number of unbranched alkanes of at least 4 members (excludes halogenated alkanes) is 1. The Labute approximate surface area is 407 Å². The fourth-order valence-corrected chi connectivity index (χ4v) is 9.57. The molecule has 2 aromatic carbocycles. The van der Waals surface area contributed by atoms with Crippen LogP contribution >= 0.6 is 0 Å². The van der Waals surface area contributed by atoms with Crippen molar-refractivity contribution in [2.75, 3.05) is 20.2 Å². The lowest BCUT2D eigenvalue weighted by Gasteiger charge is -2.64. The highest BCUT2D eigenvalue weighted by molar-refractivity contribution is 6.47. The summed E-state index contributed by atoms with van der Waals surface area (Å²) in [6, 6.07) is 10.0. The molecule has 3 saturated carbocycles. The maximum atomic E-state index is 13.4. The van der Waals surface area contributed by atoms with E-state index in [2.05, 4.69) is 64.8 Å². The molecular weight excluding hydrogens is 907 g/mol. The number of primary amides is 1. The van der Waals surface area contributed by atoms with Crippen LogP contribution in [-0.4, -0.2) is 144 Å². The molecule has 2 aromatic rings. The number of nitrogens with two attached hydrogens (primary N) is 3. The first-order valence-corrected chi connectivity index (χ1v) is 23.6. The van der Waals surface area contributed by atoms with Gasteiger partial charge in [-0.05, 0) is 92.5 Å². The molecule has 4 aliphatic rings. The SMILES string of the molecule is CCCCc1ccc(-c2ccc(C(=O)N[C@H](CO)C(=O)N[C@H](N)C(=O)NCC(=O)N(C)[C@H](C(=O)N[C@@H](N)C(=O)N[C@@H](CC(N)=O)C(=O)N[C@@H](C)B3OC4C[C@@H]5C[C@@H](C5(C)C)[C@]4(C)O3)[C@@H](C)O)cc2)cc1. The zero-order valence-corrected chi connectivity index (χ0v) is 40.8. The Bertz CT molecular complexity index is 2250. The van der Waals surface area contributed by atoms with E-state index in [1.807, 2.05) is 19.1 Å². The average Bonchev–Trinajstić information content (AvgIpc) is 3.68. The Hall–Kier alpha value is -5.98. The first-order valence-electron chi connectivity index (χ1n) is 23.6. The van der Waals surface area contributed by atoms with E-state index < -0.39 is 122 Å². The molecule has 1 saturated heterocycles. The Morgan fingerprint density at radius 1 is 0.800 bits per heavy atom. The largest absolute Gasteiger partial charge is 0.481 e. The molecule has 1 aliphatic heterocycles. The predicted octanol–water partition coefficient (Wildman–Crippen LogP) is -1.95. The maximum Gasteiger partial charge on any atom is 0.481 e. The molecule has 3 aliphatic carbocycles. The molecule has 1 unspecified atom stereocenters. The first kappa shape index (κ1) is 55.0. The molecule has 14 N–H and O–H groups in total. The number of carbonyl (C=O) groups is 8. The zero-order valence-electron chi connectivity index (χ0n) is 40.8. The molecule has 382 valence electrons. The quantitative estimate of drug-likeness (QED) is 0.0426. The fourth-order valence-electron chi connectivity index (χ4n) is 9.57. The number of hydrogen-bond acceptors (Lipinski definition) is 14. The molecule has 70 heavy (non-hydrogen) atoms. The van der Waals surface area contributed by atoms with Crippen LogP contribution in [-0.2, 0) is 49.3 Å². The van der Waals surface area contributed by atoms with Crippen molar-refractivity contribution in [2.45, 2.75) is 134 Å². The Morgan fingerprint density at radius 2 is 1.39 bits per heavy atom. The molecule has 11 atom stereocenters. The second-order valence-corrected chi connectivity index (χ2v) is 19.3. The fraction of sp³-hybridized carbons (Fsp3) is 0.574. The summed E-state index contributed by atoms with van der Waals surface area (Å²) >= 11 is 0. The first-order chi connectivity index (χ1) is 32.9. The summed E-state index contributed by atoms with van der Waals surface area (Å²) in [5.74, 6) is -7.60. The Balaban J connectivity index is 1.07. The van der Waals surface area contributed by atoms with Crippen LogP contribution in [0, 0.1) is 17.3 Å². The molecule has 23 heteroatoms. The molecule has 0 spiro atoms. The highest BCUT2D eigenvalue weighted by Gasteiger charge is 2.68. The van der Waals surface area contributed by atoms with Gasteiger partial charge in [0.1, 0.15) is 18.1 Å². The van der Waals surface area contributed by atoms with E-state index in [0.29, 0.717) is 5.92 Å². The molecule has 2 bridgehead atoms. The van der Waals surface area contributed by atoms with E-state index in [4.69, 9.17) is 26.5 Å². The highest BCUT2D eigenvalue weighted by atomic mass is 16.7. The van der Waals surface area contributed by atoms with Crippen molar-refractivity contribution in [1.82, 2.24) is 36.8 Å². The molecule has 0 aromatic heterocycles. The number of amides is 8. The number of hydrogen-bond donors (Lipinski definition) is 11. The minimum atomic E-state index is -1.87. The van der Waals surface area contributed by atoms with Gasteiger partial charge >= 0.3 is 7.12 Å². The number of nitrogens with one attached hydrogen (secondary N) is 6. The van der Waals surface area contributed by atoms with Gasteiger partial charge in [-0.1, -0.05) is 63.6 Å². The van der Waals surface area contributed by atoms with Crippen molar-refractivity contribution in [2.24, 2.45) is 34.5 Å². The predicted molar refractivity (Wildman–Crippen MR) is 256 cm³/mol. The molecule has 8 amide bonds. The Kier molecular flexibility index (Phi) is 18.3. The summed E-state index contributed by atoms with van der Waals surface area (Å²) in [4.78, 5) is 105. The van der Waals surface area contributed by atoms with Crippen LogP contribution in [0.1, 0.15) is 89.6 Å². The van der Waals surface area contributed by atoms with Crippen molar-refractivity contribution >= 4 is 54.4 Å². The number of aliphatic hydroxyl groups is 2. The van der Waals surface area contributed by atoms with Gasteiger partial charge in [0.25, 0.3) is 17.7 Å². The number of likely N-dealkylation sites (N-methyl/N-ethyl adjacent to an activating group) is 1. The van der Waals surface area contributed by atoms with Gasteiger partial charge in [-0.25, -0.2) is 0 Å². The third-order valence-electron chi connectivity index (χ3n) is 14.0. The lowest BCUT2D eigenvalue weighted by molar-refractivity contribution is -0.199. The number of carbonyl (C=O) groups excluding carboxylic acids is 8. The van der Waals surface area contributed by atoms with Crippen LogP contribution in [0.15, 0.2) is 48.5 Å². The van der Waals surface area contributed by atoms with E-state index >= 15 is 0 Å². The van der Waals surface area contributed by atoms with Gasteiger partial charge in [0, 0.05) is 12.6 Å². The lowest BCUT2D eigenvalue weighted by Crippen LogP contribution is -2.65. The Morgan fingerprint density at radius 3 is 1.96 bits per heavy atom. The standard InChI is InChI=1S/C47H69BN10O12/c1-8-9-10-26-11-13-27(14-12-26)28-15-17-29(18-16-28)40(63)55-32(23-59)42(65)56-38(50)44(67)52-22-36(62)58(7)37(24(2)60)43(66)57-39(51)45(68)54-31(21-35(49)61)41(64)53-25(3)48-69-34-20-30-19-33(46(30,4)5)47(34,6)70-48/h11-18,24-25,30-34,37-39,59-60H,8-10,19-23,50-51H2,1-7H3,(H2,49,61)(H,52,67)(H,53,64)(H,54,68)(H,55,63)(H,56,65)(H,57,66)/t24-,25+,30+,31+,32-,33+,34?,37+,38+,39-,47+/m1/s1. The number of nitrogens with zero attached hydrogens (tertiary/aromatic N) is 1. The molecule has 22 nitrogen and oxygen atoms in total. The molecule has 6 rings (SSSR count). The van der Waals surface area contributed by atoms with E-state index in [1.54, 1.807) is 31.2 Å². The van der Waals surface area contributed by atoms with Crippen molar-refractivity contribution in [3.63, 3.8) is 0 Å². The van der Waals surface area contributed by atoms with Gasteiger partial charge in [-0.3, -0.25) is 38.4 Å². The second-order valence-electron chi connectivity index (χ2n) is 19.3. The van der Waals surface area contributed by atoms with Crippen LogP contribution < -0.4 is 49.1 Å². The summed E-state index contributed by atoms with van der Waals surface area (Å²) in [6.07, 6.45) is -0.973. The maximum absolute atomic E-state index is 13.4. The summed E-state index contributed by atoms with van der Waals surface area (Å²) in [5.41, 5.74) is 20.0. The van der Waals surface area contributed by atoms with E-state index in [0.717, 1.165) is 55.2 Å². The lowest BCUT2D eigenvalue weighted by atomic mass is 9.43. The number of aryl methyl sites for hydroxylation is 1. The van der Waals surface area contributed by atoms with Gasteiger partial charge in [-0.2, -0.15) is 0 Å². The van der Waals surface area contributed by atoms with Gasteiger partial charge in [0.15, 0.2) is 12.3 Å². The summed E-state index contributed by atoms with van der Waals surface area (Å²) < 4.78 is 12.7. The third kappa shape index (κ3) is 12.9. The molecule has 0 radical (unpaired) electrons. The molecule has 1 heterocycles. The number of rotatable bonds is 23. The topological polar surface area (TPSA) is 349 Å². The summed E-state index contributed by atoms with van der Waals surface area (Å²) in [7, 11) is 0.312. The van der Waals surface area contributed by atoms with Gasteiger partial charge in [0.05, 0.1) is 43.3 Å². The zero-order chi connectivity index (χ0) is 51.8. The van der Waals surface area contributed by atoms with Crippen molar-refractivity contribution in [1.29, 1.82) is 0 Å². The van der Waals surface area contributed by atoms with Crippen molar-refractivity contribution in [3.05, 3.63) is 59.7 Å². The van der Waals surface area contributed by atoms with Crippen LogP contribution in [0.3, 0.4) is 0 Å². The van der Waals surface area contributed by atoms with E-state index in [1.165, 1.54) is 12.5 Å². The highest BCUT2D eigenvalue weighted by Crippen LogP contribution is 2.65. The van der Waals surface area contributed by atoms with Crippen LogP contribution in [0.5, 0.6) is 0 Å². The van der Waals surface area contributed by atoms with Crippen LogP contribution in [0.4, 0.5) is 0 Å². The summed E-state index contributed by atoms with van der Waals surface area (Å²) in [6.45, 7) is 9.77.